The molecule has 0 saturated carbocycles. The van der Waals surface area contributed by atoms with Crippen LogP contribution in [-0.4, -0.2) is 42.7 Å². The predicted octanol–water partition coefficient (Wildman–Crippen LogP) is 4.65. The van der Waals surface area contributed by atoms with E-state index in [1.165, 1.54) is 12.1 Å². The van der Waals surface area contributed by atoms with Gasteiger partial charge in [0.25, 0.3) is 0 Å². The molecule has 5 heteroatoms. The third kappa shape index (κ3) is 5.63. The fourth-order valence-corrected chi connectivity index (χ4v) is 4.10. The number of piperazine rings is 1. The SMILES string of the molecule is OCc1ccccc1N1CCN(CCC(Oc2ccc(F)cc2)c2ccccc2)CC1. The first kappa shape index (κ1) is 21.3. The van der Waals surface area contributed by atoms with Crippen molar-refractivity contribution in [2.24, 2.45) is 0 Å². The van der Waals surface area contributed by atoms with Crippen molar-refractivity contribution in [3.8, 4) is 5.75 Å². The lowest BCUT2D eigenvalue weighted by atomic mass is 10.1. The number of aliphatic hydroxyl groups excluding tert-OH is 1. The molecule has 0 aromatic heterocycles. The summed E-state index contributed by atoms with van der Waals surface area (Å²) in [6, 6.07) is 24.5. The van der Waals surface area contributed by atoms with Crippen LogP contribution < -0.4 is 9.64 Å². The standard InChI is InChI=1S/C26H29FN2O2/c27-23-10-12-24(13-11-23)31-26(21-6-2-1-3-7-21)14-15-28-16-18-29(19-17-28)25-9-5-4-8-22(25)20-30/h1-13,26,30H,14-20H2. The van der Waals surface area contributed by atoms with Crippen molar-refractivity contribution >= 4 is 5.69 Å². The highest BCUT2D eigenvalue weighted by molar-refractivity contribution is 5.53. The summed E-state index contributed by atoms with van der Waals surface area (Å²) in [7, 11) is 0. The first-order valence-corrected chi connectivity index (χ1v) is 10.9. The molecule has 3 aromatic carbocycles. The summed E-state index contributed by atoms with van der Waals surface area (Å²) >= 11 is 0. The molecule has 1 aliphatic heterocycles. The van der Waals surface area contributed by atoms with E-state index in [-0.39, 0.29) is 18.5 Å². The first-order valence-electron chi connectivity index (χ1n) is 10.9. The van der Waals surface area contributed by atoms with E-state index in [0.717, 1.165) is 56.0 Å². The maximum absolute atomic E-state index is 13.3. The number of rotatable bonds is 8. The van der Waals surface area contributed by atoms with Crippen LogP contribution in [0.15, 0.2) is 78.9 Å². The van der Waals surface area contributed by atoms with Crippen LogP contribution in [0.2, 0.25) is 0 Å². The molecule has 1 fully saturated rings. The molecule has 1 aliphatic rings. The summed E-state index contributed by atoms with van der Waals surface area (Å²) in [4.78, 5) is 4.81. The van der Waals surface area contributed by atoms with Gasteiger partial charge in [0.2, 0.25) is 0 Å². The largest absolute Gasteiger partial charge is 0.486 e. The Balaban J connectivity index is 1.36. The summed E-state index contributed by atoms with van der Waals surface area (Å²) in [5.74, 6) is 0.421. The van der Waals surface area contributed by atoms with Gasteiger partial charge >= 0.3 is 0 Å². The van der Waals surface area contributed by atoms with E-state index in [9.17, 15) is 9.50 Å². The van der Waals surface area contributed by atoms with Crippen LogP contribution in [0.5, 0.6) is 5.75 Å². The second-order valence-electron chi connectivity index (χ2n) is 7.88. The second-order valence-corrected chi connectivity index (χ2v) is 7.88. The Morgan fingerprint density at radius 2 is 1.52 bits per heavy atom. The van der Waals surface area contributed by atoms with Gasteiger partial charge in [0.15, 0.2) is 0 Å². The fraction of sp³-hybridized carbons (Fsp3) is 0.308. The highest BCUT2D eigenvalue weighted by atomic mass is 19.1. The van der Waals surface area contributed by atoms with Crippen LogP contribution in [-0.2, 0) is 6.61 Å². The average Bonchev–Trinajstić information content (AvgIpc) is 2.84. The summed E-state index contributed by atoms with van der Waals surface area (Å²) in [6.45, 7) is 4.80. The van der Waals surface area contributed by atoms with Crippen molar-refractivity contribution < 1.29 is 14.2 Å². The molecule has 0 aliphatic carbocycles. The molecule has 4 rings (SSSR count). The number of hydrogen-bond donors (Lipinski definition) is 1. The molecule has 31 heavy (non-hydrogen) atoms. The summed E-state index contributed by atoms with van der Waals surface area (Å²) in [5, 5.41) is 9.62. The van der Waals surface area contributed by atoms with Crippen molar-refractivity contribution in [3.63, 3.8) is 0 Å². The summed E-state index contributed by atoms with van der Waals surface area (Å²) < 4.78 is 19.5. The number of nitrogens with zero attached hydrogens (tertiary/aromatic N) is 2. The van der Waals surface area contributed by atoms with Crippen LogP contribution >= 0.6 is 0 Å². The molecule has 1 saturated heterocycles. The van der Waals surface area contributed by atoms with Crippen LogP contribution in [0.4, 0.5) is 10.1 Å². The van der Waals surface area contributed by atoms with Crippen molar-refractivity contribution in [1.29, 1.82) is 0 Å². The van der Waals surface area contributed by atoms with Gasteiger partial charge in [-0.15, -0.1) is 0 Å². The number of ether oxygens (including phenoxy) is 1. The zero-order chi connectivity index (χ0) is 21.5. The van der Waals surface area contributed by atoms with Crippen molar-refractivity contribution in [1.82, 2.24) is 4.90 Å². The third-order valence-corrected chi connectivity index (χ3v) is 5.85. The van der Waals surface area contributed by atoms with Crippen LogP contribution in [0.1, 0.15) is 23.7 Å². The molecule has 1 unspecified atom stereocenters. The molecule has 162 valence electrons. The third-order valence-electron chi connectivity index (χ3n) is 5.85. The number of para-hydroxylation sites is 1. The van der Waals surface area contributed by atoms with Gasteiger partial charge in [0.1, 0.15) is 17.7 Å². The van der Waals surface area contributed by atoms with Gasteiger partial charge < -0.3 is 14.7 Å². The Hall–Kier alpha value is -2.89. The molecule has 4 nitrogen and oxygen atoms in total. The van der Waals surface area contributed by atoms with Gasteiger partial charge in [-0.05, 0) is 35.9 Å². The lowest BCUT2D eigenvalue weighted by molar-refractivity contribution is 0.160. The molecule has 0 amide bonds. The van der Waals surface area contributed by atoms with E-state index in [1.807, 2.05) is 36.4 Å². The minimum absolute atomic E-state index is 0.0653. The Bertz CT molecular complexity index is 941. The minimum atomic E-state index is -0.260. The number of halogens is 1. The second kappa shape index (κ2) is 10.4. The van der Waals surface area contributed by atoms with E-state index in [0.29, 0.717) is 5.75 Å². The van der Waals surface area contributed by atoms with Gasteiger partial charge in [0.05, 0.1) is 6.61 Å². The van der Waals surface area contributed by atoms with Crippen LogP contribution in [0.3, 0.4) is 0 Å². The zero-order valence-electron chi connectivity index (χ0n) is 17.7. The molecule has 1 atom stereocenters. The van der Waals surface area contributed by atoms with E-state index < -0.39 is 0 Å². The highest BCUT2D eigenvalue weighted by Gasteiger charge is 2.21. The summed E-state index contributed by atoms with van der Waals surface area (Å²) in [6.07, 6.45) is 0.772. The number of anilines is 1. The number of aliphatic hydroxyl groups is 1. The molecule has 3 aromatic rings. The van der Waals surface area contributed by atoms with E-state index in [4.69, 9.17) is 4.74 Å². The average molecular weight is 421 g/mol. The van der Waals surface area contributed by atoms with Gasteiger partial charge in [0, 0.05) is 50.4 Å². The maximum Gasteiger partial charge on any atom is 0.125 e. The van der Waals surface area contributed by atoms with Crippen LogP contribution in [0, 0.1) is 5.82 Å². The quantitative estimate of drug-likeness (QED) is 0.575. The van der Waals surface area contributed by atoms with E-state index in [1.54, 1.807) is 12.1 Å². The van der Waals surface area contributed by atoms with Crippen molar-refractivity contribution in [2.45, 2.75) is 19.1 Å². The Morgan fingerprint density at radius 3 is 2.23 bits per heavy atom. The number of benzene rings is 3. The van der Waals surface area contributed by atoms with E-state index in [2.05, 4.69) is 28.0 Å². The van der Waals surface area contributed by atoms with Gasteiger partial charge in [-0.3, -0.25) is 4.90 Å². The minimum Gasteiger partial charge on any atom is -0.486 e. The highest BCUT2D eigenvalue weighted by Crippen LogP contribution is 2.26. The van der Waals surface area contributed by atoms with Crippen LogP contribution in [0.25, 0.3) is 0 Å². The fourth-order valence-electron chi connectivity index (χ4n) is 4.10. The zero-order valence-corrected chi connectivity index (χ0v) is 17.7. The van der Waals surface area contributed by atoms with Gasteiger partial charge in [-0.1, -0.05) is 48.5 Å². The molecule has 0 bridgehead atoms. The van der Waals surface area contributed by atoms with Gasteiger partial charge in [-0.2, -0.15) is 0 Å². The lowest BCUT2D eigenvalue weighted by Gasteiger charge is -2.37. The molecular formula is C26H29FN2O2. The molecule has 0 radical (unpaired) electrons. The lowest BCUT2D eigenvalue weighted by Crippen LogP contribution is -2.47. The Kier molecular flexibility index (Phi) is 7.18. The van der Waals surface area contributed by atoms with Crippen molar-refractivity contribution in [2.75, 3.05) is 37.6 Å². The number of hydrogen-bond acceptors (Lipinski definition) is 4. The first-order chi connectivity index (χ1) is 15.2. The summed E-state index contributed by atoms with van der Waals surface area (Å²) in [5.41, 5.74) is 3.24. The molecule has 1 N–H and O–H groups in total. The molecule has 1 heterocycles. The van der Waals surface area contributed by atoms with Gasteiger partial charge in [-0.25, -0.2) is 4.39 Å². The Morgan fingerprint density at radius 1 is 0.839 bits per heavy atom. The molecule has 0 spiro atoms. The van der Waals surface area contributed by atoms with Crippen molar-refractivity contribution in [3.05, 3.63) is 95.8 Å². The predicted molar refractivity (Wildman–Crippen MR) is 122 cm³/mol. The topological polar surface area (TPSA) is 35.9 Å². The molecular weight excluding hydrogens is 391 g/mol. The maximum atomic E-state index is 13.3. The Labute approximate surface area is 183 Å². The monoisotopic (exact) mass is 420 g/mol. The van der Waals surface area contributed by atoms with E-state index >= 15 is 0 Å². The smallest absolute Gasteiger partial charge is 0.125 e. The normalized spacial score (nSPS) is 15.6.